The van der Waals surface area contributed by atoms with E-state index in [1.807, 2.05) is 17.9 Å². The van der Waals surface area contributed by atoms with E-state index in [2.05, 4.69) is 4.98 Å². The quantitative estimate of drug-likeness (QED) is 0.700. The Hall–Kier alpha value is -2.37. The fourth-order valence-corrected chi connectivity index (χ4v) is 3.28. The highest BCUT2D eigenvalue weighted by Gasteiger charge is 2.25. The van der Waals surface area contributed by atoms with Gasteiger partial charge in [-0.05, 0) is 25.8 Å². The van der Waals surface area contributed by atoms with Crippen molar-refractivity contribution in [2.45, 2.75) is 45.1 Å². The predicted molar refractivity (Wildman–Crippen MR) is 85.1 cm³/mol. The highest BCUT2D eigenvalue weighted by molar-refractivity contribution is 5.78. The minimum Gasteiger partial charge on any atom is -0.321 e. The van der Waals surface area contributed by atoms with E-state index < -0.39 is 0 Å². The van der Waals surface area contributed by atoms with Crippen LogP contribution in [0.5, 0.6) is 0 Å². The third-order valence-electron chi connectivity index (χ3n) is 4.49. The van der Waals surface area contributed by atoms with Crippen molar-refractivity contribution in [3.63, 3.8) is 0 Å². The maximum absolute atomic E-state index is 12.8. The number of imidazole rings is 1. The number of rotatable bonds is 3. The van der Waals surface area contributed by atoms with Crippen molar-refractivity contribution in [2.75, 3.05) is 6.54 Å². The molecule has 1 fully saturated rings. The second kappa shape index (κ2) is 6.81. The lowest BCUT2D eigenvalue weighted by atomic mass is 9.94. The molecule has 1 N–H and O–H groups in total. The molecule has 0 atom stereocenters. The zero-order chi connectivity index (χ0) is 16.2. The summed E-state index contributed by atoms with van der Waals surface area (Å²) in [4.78, 5) is 19.0. The lowest BCUT2D eigenvalue weighted by Crippen LogP contribution is -2.43. The Labute approximate surface area is 136 Å². The van der Waals surface area contributed by atoms with E-state index in [4.69, 9.17) is 0 Å². The largest absolute Gasteiger partial charge is 0.329 e. The molecule has 6 nitrogen and oxygen atoms in total. The summed E-state index contributed by atoms with van der Waals surface area (Å²) in [5.41, 5.74) is 1.43. The van der Waals surface area contributed by atoms with Crippen LogP contribution < -0.4 is 4.73 Å². The molecule has 0 unspecified atom stereocenters. The molecule has 1 aliphatic carbocycles. The Balaban J connectivity index is 1.79. The van der Waals surface area contributed by atoms with Gasteiger partial charge in [0.1, 0.15) is 6.33 Å². The summed E-state index contributed by atoms with van der Waals surface area (Å²) < 4.78 is 2.53. The third-order valence-corrected chi connectivity index (χ3v) is 4.49. The topological polar surface area (TPSA) is 62.2 Å². The Morgan fingerprint density at radius 2 is 2.22 bits per heavy atom. The molecule has 2 aromatic rings. The van der Waals surface area contributed by atoms with E-state index in [-0.39, 0.29) is 6.03 Å². The van der Waals surface area contributed by atoms with Crippen LogP contribution in [0, 0.1) is 0 Å². The van der Waals surface area contributed by atoms with Gasteiger partial charge in [-0.15, -0.1) is 0 Å². The van der Waals surface area contributed by atoms with Crippen LogP contribution in [0.4, 0.5) is 4.79 Å². The van der Waals surface area contributed by atoms with E-state index in [0.29, 0.717) is 18.3 Å². The summed E-state index contributed by atoms with van der Waals surface area (Å²) in [6, 6.07) is 3.90. The first-order valence-corrected chi connectivity index (χ1v) is 8.25. The van der Waals surface area contributed by atoms with Crippen LogP contribution in [0.15, 0.2) is 37.1 Å². The Morgan fingerprint density at radius 3 is 2.91 bits per heavy atom. The van der Waals surface area contributed by atoms with Crippen LogP contribution in [0.1, 0.15) is 39.0 Å². The number of amides is 1. The van der Waals surface area contributed by atoms with Gasteiger partial charge >= 0.3 is 6.03 Å². The molecule has 0 spiro atoms. The van der Waals surface area contributed by atoms with Crippen LogP contribution in [0.2, 0.25) is 0 Å². The molecule has 0 saturated heterocycles. The van der Waals surface area contributed by atoms with Crippen LogP contribution in [0.3, 0.4) is 0 Å². The third kappa shape index (κ3) is 3.36. The van der Waals surface area contributed by atoms with E-state index in [1.165, 1.54) is 25.5 Å². The van der Waals surface area contributed by atoms with Crippen molar-refractivity contribution in [1.29, 1.82) is 0 Å². The van der Waals surface area contributed by atoms with Gasteiger partial charge in [0.2, 0.25) is 12.4 Å². The van der Waals surface area contributed by atoms with Crippen molar-refractivity contribution in [2.24, 2.45) is 0 Å². The van der Waals surface area contributed by atoms with Gasteiger partial charge in [0.05, 0.1) is 11.3 Å². The van der Waals surface area contributed by atoms with Gasteiger partial charge in [-0.1, -0.05) is 19.3 Å². The van der Waals surface area contributed by atoms with Gasteiger partial charge in [-0.2, -0.15) is 0 Å². The van der Waals surface area contributed by atoms with Crippen LogP contribution >= 0.6 is 0 Å². The second-order valence-electron chi connectivity index (χ2n) is 6.00. The molecule has 1 amide bonds. The summed E-state index contributed by atoms with van der Waals surface area (Å²) in [6.07, 6.45) is 12.2. The van der Waals surface area contributed by atoms with Gasteiger partial charge in [0.15, 0.2) is 0 Å². The molecule has 1 saturated carbocycles. The van der Waals surface area contributed by atoms with Gasteiger partial charge in [-0.25, -0.2) is 9.78 Å². The minimum absolute atomic E-state index is 0.0223. The van der Waals surface area contributed by atoms with Crippen molar-refractivity contribution >= 4 is 6.03 Å². The van der Waals surface area contributed by atoms with Crippen LogP contribution in [-0.2, 0) is 0 Å². The zero-order valence-electron chi connectivity index (χ0n) is 13.4. The van der Waals surface area contributed by atoms with Crippen LogP contribution in [0.25, 0.3) is 11.3 Å². The lowest BCUT2D eigenvalue weighted by molar-refractivity contribution is -0.904. The normalized spacial score (nSPS) is 15.5. The average Bonchev–Trinajstić information content (AvgIpc) is 3.06. The van der Waals surface area contributed by atoms with E-state index in [1.54, 1.807) is 29.4 Å². The molecule has 0 bridgehead atoms. The monoisotopic (exact) mass is 315 g/mol. The SMILES string of the molecule is CCN(C(=O)n1cnc(-c2ccc[n+](O)c2)c1)C1CCCCC1. The molecule has 3 rings (SSSR count). The summed E-state index contributed by atoms with van der Waals surface area (Å²) in [7, 11) is 0. The highest BCUT2D eigenvalue weighted by atomic mass is 16.5. The number of aromatic nitrogens is 3. The Kier molecular flexibility index (Phi) is 4.60. The number of hydrogen-bond donors (Lipinski definition) is 1. The molecule has 1 aliphatic rings. The molecule has 0 radical (unpaired) electrons. The molecule has 6 heteroatoms. The highest BCUT2D eigenvalue weighted by Crippen LogP contribution is 2.23. The van der Waals surface area contributed by atoms with Gasteiger partial charge in [0, 0.05) is 29.6 Å². The van der Waals surface area contributed by atoms with E-state index >= 15 is 0 Å². The minimum atomic E-state index is -0.0223. The van der Waals surface area contributed by atoms with Gasteiger partial charge < -0.3 is 4.90 Å². The summed E-state index contributed by atoms with van der Waals surface area (Å²) in [6.45, 7) is 2.73. The average molecular weight is 315 g/mol. The first-order valence-electron chi connectivity index (χ1n) is 8.25. The predicted octanol–water partition coefficient (Wildman–Crippen LogP) is 2.70. The summed E-state index contributed by atoms with van der Waals surface area (Å²) in [5.74, 6) is 0. The Bertz CT molecular complexity index is 677. The lowest BCUT2D eigenvalue weighted by Gasteiger charge is -2.33. The first kappa shape index (κ1) is 15.5. The van der Waals surface area contributed by atoms with Gasteiger partial charge in [0.25, 0.3) is 0 Å². The molecule has 0 aliphatic heterocycles. The zero-order valence-corrected chi connectivity index (χ0v) is 13.4. The van der Waals surface area contributed by atoms with E-state index in [0.717, 1.165) is 23.1 Å². The number of nitrogens with zero attached hydrogens (tertiary/aromatic N) is 4. The number of hydrogen-bond acceptors (Lipinski definition) is 3. The standard InChI is InChI=1S/C17H23N4O2/c1-2-21(15-8-4-3-5-9-15)17(22)19-12-16(18-13-19)14-7-6-10-20(23)11-14/h6-7,10-13,15,23H,2-5,8-9H2,1H3/q+1. The Morgan fingerprint density at radius 1 is 1.43 bits per heavy atom. The summed E-state index contributed by atoms with van der Waals surface area (Å²) >= 11 is 0. The van der Waals surface area contributed by atoms with Crippen molar-refractivity contribution < 1.29 is 14.7 Å². The molecule has 0 aromatic carbocycles. The first-order chi connectivity index (χ1) is 11.2. The second-order valence-corrected chi connectivity index (χ2v) is 6.00. The fraction of sp³-hybridized carbons (Fsp3) is 0.471. The van der Waals surface area contributed by atoms with E-state index in [9.17, 15) is 10.0 Å². The smallest absolute Gasteiger partial charge is 0.321 e. The van der Waals surface area contributed by atoms with Crippen molar-refractivity contribution in [3.05, 3.63) is 37.1 Å². The maximum Gasteiger partial charge on any atom is 0.329 e. The molecular weight excluding hydrogens is 292 g/mol. The fourth-order valence-electron chi connectivity index (χ4n) is 3.28. The number of carbonyl (C=O) groups excluding carboxylic acids is 1. The molecule has 122 valence electrons. The van der Waals surface area contributed by atoms with Gasteiger partial charge in [-0.3, -0.25) is 9.77 Å². The van der Waals surface area contributed by atoms with Crippen molar-refractivity contribution in [3.8, 4) is 11.3 Å². The maximum atomic E-state index is 12.8. The molecule has 23 heavy (non-hydrogen) atoms. The summed E-state index contributed by atoms with van der Waals surface area (Å²) in [5, 5.41) is 9.49. The molecular formula is C17H23N4O2+. The number of pyridine rings is 1. The van der Waals surface area contributed by atoms with Crippen molar-refractivity contribution in [1.82, 2.24) is 14.5 Å². The number of carbonyl (C=O) groups is 1. The van der Waals surface area contributed by atoms with Crippen LogP contribution in [-0.4, -0.2) is 38.3 Å². The molecule has 2 heterocycles. The molecule has 2 aromatic heterocycles.